The molecule has 0 radical (unpaired) electrons. The van der Waals surface area contributed by atoms with Crippen molar-refractivity contribution < 1.29 is 80.2 Å². The van der Waals surface area contributed by atoms with E-state index in [1.54, 1.807) is 12.2 Å². The Kier molecular flexibility index (Phi) is 70.5. The molecule has 0 aromatic rings. The highest BCUT2D eigenvalue weighted by molar-refractivity contribution is 7.47. The predicted octanol–water partition coefficient (Wildman–Crippen LogP) is 22.7. The van der Waals surface area contributed by atoms with Crippen LogP contribution in [0.1, 0.15) is 297 Å². The van der Waals surface area contributed by atoms with Gasteiger partial charge >= 0.3 is 39.5 Å². The second kappa shape index (κ2) is 74.2. The molecule has 0 saturated heterocycles. The van der Waals surface area contributed by atoms with Crippen molar-refractivity contribution in [1.82, 2.24) is 0 Å². The second-order valence-electron chi connectivity index (χ2n) is 25.5. The number of unbranched alkanes of at least 4 members (excludes halogenated alkanes) is 23. The van der Waals surface area contributed by atoms with Gasteiger partial charge in [-0.15, -0.1) is 0 Å². The van der Waals surface area contributed by atoms with Crippen LogP contribution in [0, 0.1) is 0 Å². The number of hydrogen-bond donors (Lipinski definition) is 3. The van der Waals surface area contributed by atoms with Gasteiger partial charge in [0.2, 0.25) is 0 Å². The van der Waals surface area contributed by atoms with E-state index in [4.69, 9.17) is 37.0 Å². The van der Waals surface area contributed by atoms with Gasteiger partial charge in [0, 0.05) is 19.3 Å². The maximum atomic E-state index is 13.1. The van der Waals surface area contributed by atoms with Crippen LogP contribution in [0.15, 0.2) is 146 Å². The number of ether oxygens (including phenoxy) is 4. The van der Waals surface area contributed by atoms with Crippen LogP contribution < -0.4 is 0 Å². The minimum Gasteiger partial charge on any atom is -0.462 e. The summed E-state index contributed by atoms with van der Waals surface area (Å²) in [6.07, 6.45) is 84.4. The monoisotopic (exact) mass is 1470 g/mol. The van der Waals surface area contributed by atoms with E-state index in [-0.39, 0.29) is 25.7 Å². The zero-order valence-corrected chi connectivity index (χ0v) is 65.3. The Balaban J connectivity index is 5.40. The number of aliphatic hydroxyl groups is 1. The summed E-state index contributed by atoms with van der Waals surface area (Å²) < 4.78 is 68.3. The van der Waals surface area contributed by atoms with E-state index < -0.39 is 97.5 Å². The van der Waals surface area contributed by atoms with E-state index in [2.05, 4.69) is 149 Å². The molecule has 0 amide bonds. The Labute approximate surface area is 617 Å². The zero-order chi connectivity index (χ0) is 74.6. The van der Waals surface area contributed by atoms with Crippen molar-refractivity contribution in [3.63, 3.8) is 0 Å². The third-order valence-electron chi connectivity index (χ3n) is 15.8. The molecule has 3 N–H and O–H groups in total. The topological polar surface area (TPSA) is 237 Å². The highest BCUT2D eigenvalue weighted by atomic mass is 31.2. The summed E-state index contributed by atoms with van der Waals surface area (Å²) in [7, 11) is -10.00. The molecule has 0 spiro atoms. The van der Waals surface area contributed by atoms with Crippen LogP contribution in [0.4, 0.5) is 0 Å². The van der Waals surface area contributed by atoms with Gasteiger partial charge in [-0.05, 0) is 141 Å². The van der Waals surface area contributed by atoms with E-state index in [0.29, 0.717) is 25.7 Å². The minimum absolute atomic E-state index is 0.0755. The van der Waals surface area contributed by atoms with E-state index in [1.807, 2.05) is 12.2 Å². The fourth-order valence-electron chi connectivity index (χ4n) is 9.89. The highest BCUT2D eigenvalue weighted by Gasteiger charge is 2.30. The Morgan fingerprint density at radius 2 is 0.559 bits per heavy atom. The lowest BCUT2D eigenvalue weighted by molar-refractivity contribution is -0.161. The third-order valence-corrected chi connectivity index (χ3v) is 17.7. The Morgan fingerprint density at radius 1 is 0.294 bits per heavy atom. The number of esters is 4. The molecule has 0 aliphatic rings. The first-order chi connectivity index (χ1) is 49.7. The average Bonchev–Trinajstić information content (AvgIpc) is 0.925. The maximum Gasteiger partial charge on any atom is 0.472 e. The number of rotatable bonds is 72. The maximum absolute atomic E-state index is 13.1. The Morgan fingerprint density at radius 3 is 0.912 bits per heavy atom. The number of carbonyl (C=O) groups excluding carboxylic acids is 4. The summed E-state index contributed by atoms with van der Waals surface area (Å²) in [5.41, 5.74) is 0. The van der Waals surface area contributed by atoms with Crippen molar-refractivity contribution in [3.05, 3.63) is 146 Å². The normalized spacial score (nSPS) is 14.7. The van der Waals surface area contributed by atoms with Crippen molar-refractivity contribution in [3.8, 4) is 0 Å². The molecule has 582 valence electrons. The van der Waals surface area contributed by atoms with Gasteiger partial charge < -0.3 is 33.8 Å². The van der Waals surface area contributed by atoms with Gasteiger partial charge in [0.05, 0.1) is 32.8 Å². The first-order valence-corrected chi connectivity index (χ1v) is 42.1. The number of hydrogen-bond acceptors (Lipinski definition) is 15. The molecule has 0 rings (SSSR count). The van der Waals surface area contributed by atoms with Crippen molar-refractivity contribution in [2.75, 3.05) is 39.6 Å². The zero-order valence-electron chi connectivity index (χ0n) is 63.5. The van der Waals surface area contributed by atoms with Crippen LogP contribution in [-0.2, 0) is 65.4 Å². The van der Waals surface area contributed by atoms with Gasteiger partial charge in [-0.3, -0.25) is 37.3 Å². The fraction of sp³-hybridized carbons (Fsp3) is 0.663. The van der Waals surface area contributed by atoms with E-state index in [0.717, 1.165) is 186 Å². The Hall–Kier alpha value is -5.06. The summed E-state index contributed by atoms with van der Waals surface area (Å²) in [6.45, 7) is 4.43. The number of phosphoric ester groups is 2. The molecule has 0 heterocycles. The second-order valence-corrected chi connectivity index (χ2v) is 28.5. The molecule has 0 saturated carbocycles. The number of phosphoric acid groups is 2. The van der Waals surface area contributed by atoms with Gasteiger partial charge in [0.15, 0.2) is 12.2 Å². The van der Waals surface area contributed by atoms with Crippen LogP contribution in [-0.4, -0.2) is 96.7 Å². The number of carbonyl (C=O) groups is 4. The molecular weight excluding hydrogens is 1330 g/mol. The van der Waals surface area contributed by atoms with Crippen molar-refractivity contribution in [1.29, 1.82) is 0 Å². The van der Waals surface area contributed by atoms with Gasteiger partial charge in [0.25, 0.3) is 0 Å². The smallest absolute Gasteiger partial charge is 0.462 e. The molecule has 0 aliphatic carbocycles. The van der Waals surface area contributed by atoms with E-state index in [9.17, 15) is 43.2 Å². The summed E-state index contributed by atoms with van der Waals surface area (Å²) in [6, 6.07) is 0. The van der Waals surface area contributed by atoms with Crippen molar-refractivity contribution in [2.45, 2.75) is 316 Å². The molecule has 102 heavy (non-hydrogen) atoms. The molecule has 5 atom stereocenters. The number of allylic oxidation sites excluding steroid dienone is 23. The van der Waals surface area contributed by atoms with Crippen LogP contribution in [0.25, 0.3) is 0 Å². The van der Waals surface area contributed by atoms with Crippen LogP contribution in [0.2, 0.25) is 0 Å². The minimum atomic E-state index is -5.01. The molecule has 0 aliphatic heterocycles. The summed E-state index contributed by atoms with van der Waals surface area (Å²) in [5, 5.41) is 10.6. The summed E-state index contributed by atoms with van der Waals surface area (Å²) in [4.78, 5) is 72.8. The lowest BCUT2D eigenvalue weighted by Crippen LogP contribution is -2.30. The average molecular weight is 1470 g/mol. The van der Waals surface area contributed by atoms with Gasteiger partial charge in [0.1, 0.15) is 19.3 Å². The largest absolute Gasteiger partial charge is 0.472 e. The standard InChI is InChI=1S/C83H138O17P2/c1-5-9-13-17-21-25-29-32-35-37-38-40-43-45-49-52-56-60-64-68-80(85)93-73-78(99-82(87)69-65-61-57-53-47-28-24-20-16-12-8-4)75-97-101(89,90)95-71-77(84)72-96-102(91,92)98-76-79(100-83(88)70-66-62-58-54-50-46-41-34-31-27-23-19-15-11-7-3)74-94-81(86)67-63-59-55-51-48-44-42-39-36-33-30-26-22-18-14-10-6-2/h10-11,14-15,20-27,32-36,38,40-41,50,54,62,66,77-79,84H,5-9,12-13,16-19,28-31,37,39,42-49,51-53,55-61,63-65,67-76H2,1-4H3,(H,89,90)(H,91,92)/b14-10-,15-11-,24-20-,25-21-,26-22-,27-23-,35-32-,36-33-,40-38-,41-34-,54-50-,66-62-. The molecule has 0 fully saturated rings. The van der Waals surface area contributed by atoms with Crippen molar-refractivity contribution in [2.24, 2.45) is 0 Å². The molecule has 17 nitrogen and oxygen atoms in total. The van der Waals surface area contributed by atoms with Crippen LogP contribution >= 0.6 is 15.6 Å². The molecule has 0 bridgehead atoms. The lowest BCUT2D eigenvalue weighted by Gasteiger charge is -2.21. The highest BCUT2D eigenvalue weighted by Crippen LogP contribution is 2.45. The van der Waals surface area contributed by atoms with Gasteiger partial charge in [-0.25, -0.2) is 9.13 Å². The SMILES string of the molecule is CC/C=C\C/C=C\C/C=C\C/C=C\C/C=C\CC(=O)OC(COC(=O)CCCCCCCCC/C=C\C/C=C\C/C=C\CC)COP(=O)(O)OCC(O)COP(=O)(O)OCC(COC(=O)CCCCCCCC/C=C\C/C=C\C/C=C\CCCCC)OC(=O)CCCCCCC/C=C\CCCC. The molecule has 0 aromatic carbocycles. The molecule has 5 unspecified atom stereocenters. The van der Waals surface area contributed by atoms with E-state index >= 15 is 0 Å². The van der Waals surface area contributed by atoms with Gasteiger partial charge in [-0.2, -0.15) is 0 Å². The van der Waals surface area contributed by atoms with Crippen LogP contribution in [0.3, 0.4) is 0 Å². The Bertz CT molecular complexity index is 2510. The number of aliphatic hydroxyl groups excluding tert-OH is 1. The quantitative estimate of drug-likeness (QED) is 0.0169. The van der Waals surface area contributed by atoms with Gasteiger partial charge in [-0.1, -0.05) is 276 Å². The van der Waals surface area contributed by atoms with Crippen molar-refractivity contribution >= 4 is 39.5 Å². The fourth-order valence-corrected chi connectivity index (χ4v) is 11.5. The third kappa shape index (κ3) is 73.3. The summed E-state index contributed by atoms with van der Waals surface area (Å²) in [5.74, 6) is -2.36. The van der Waals surface area contributed by atoms with Crippen LogP contribution in [0.5, 0.6) is 0 Å². The van der Waals surface area contributed by atoms with E-state index in [1.165, 1.54) is 32.1 Å². The summed E-state index contributed by atoms with van der Waals surface area (Å²) >= 11 is 0. The lowest BCUT2D eigenvalue weighted by atomic mass is 10.1. The molecule has 19 heteroatoms. The first kappa shape index (κ1) is 96.9. The molecule has 0 aromatic heterocycles. The molecular formula is C83H138O17P2. The predicted molar refractivity (Wildman–Crippen MR) is 417 cm³/mol. The first-order valence-electron chi connectivity index (χ1n) is 39.1.